The number of alkyl halides is 2. The molecule has 0 aliphatic rings. The molecule has 0 aliphatic carbocycles. The van der Waals surface area contributed by atoms with Gasteiger partial charge in [-0.05, 0) is 6.07 Å². The summed E-state index contributed by atoms with van der Waals surface area (Å²) >= 11 is 0. The van der Waals surface area contributed by atoms with Crippen LogP contribution in [0.2, 0.25) is 0 Å². The van der Waals surface area contributed by atoms with Crippen LogP contribution in [0.25, 0.3) is 0 Å². The molecule has 0 fully saturated rings. The predicted molar refractivity (Wildman–Crippen MR) is 41.8 cm³/mol. The SMILES string of the molecule is COc1cccc(C(O)C(F)F)n1. The molecule has 1 rings (SSSR count). The fraction of sp³-hybridized carbons (Fsp3) is 0.375. The highest BCUT2D eigenvalue weighted by atomic mass is 19.3. The molecule has 1 aromatic heterocycles. The van der Waals surface area contributed by atoms with Gasteiger partial charge in [-0.2, -0.15) is 0 Å². The molecular formula is C8H9F2NO2. The molecule has 0 bridgehead atoms. The van der Waals surface area contributed by atoms with E-state index in [0.717, 1.165) is 0 Å². The first-order chi connectivity index (χ1) is 6.15. The van der Waals surface area contributed by atoms with Gasteiger partial charge in [-0.1, -0.05) is 6.07 Å². The van der Waals surface area contributed by atoms with Crippen LogP contribution < -0.4 is 4.74 Å². The lowest BCUT2D eigenvalue weighted by molar-refractivity contribution is -0.00843. The molecule has 0 aliphatic heterocycles. The van der Waals surface area contributed by atoms with E-state index in [1.807, 2.05) is 0 Å². The zero-order valence-corrected chi connectivity index (χ0v) is 6.95. The van der Waals surface area contributed by atoms with Gasteiger partial charge in [0.2, 0.25) is 5.88 Å². The molecule has 5 heteroatoms. The number of halogens is 2. The lowest BCUT2D eigenvalue weighted by Gasteiger charge is -2.09. The van der Waals surface area contributed by atoms with E-state index in [9.17, 15) is 8.78 Å². The average molecular weight is 189 g/mol. The minimum atomic E-state index is -2.83. The van der Waals surface area contributed by atoms with E-state index >= 15 is 0 Å². The number of hydrogen-bond acceptors (Lipinski definition) is 3. The Balaban J connectivity index is 2.88. The van der Waals surface area contributed by atoms with Crippen molar-refractivity contribution in [3.63, 3.8) is 0 Å². The highest BCUT2D eigenvalue weighted by Crippen LogP contribution is 2.19. The van der Waals surface area contributed by atoms with Gasteiger partial charge in [0.1, 0.15) is 0 Å². The van der Waals surface area contributed by atoms with Crippen molar-refractivity contribution in [1.82, 2.24) is 4.98 Å². The number of aliphatic hydroxyl groups is 1. The number of aliphatic hydroxyl groups excluding tert-OH is 1. The van der Waals surface area contributed by atoms with Crippen LogP contribution in [0.4, 0.5) is 8.78 Å². The van der Waals surface area contributed by atoms with Crippen molar-refractivity contribution in [3.8, 4) is 5.88 Å². The summed E-state index contributed by atoms with van der Waals surface area (Å²) in [5.74, 6) is 0.206. The Labute approximate surface area is 74.0 Å². The zero-order chi connectivity index (χ0) is 9.84. The summed E-state index contributed by atoms with van der Waals surface area (Å²) in [6, 6.07) is 4.33. The van der Waals surface area contributed by atoms with E-state index in [-0.39, 0.29) is 11.6 Å². The molecule has 1 atom stereocenters. The first-order valence-electron chi connectivity index (χ1n) is 3.62. The number of ether oxygens (including phenoxy) is 1. The Morgan fingerprint density at radius 2 is 2.15 bits per heavy atom. The summed E-state index contributed by atoms with van der Waals surface area (Å²) in [5, 5.41) is 8.95. The number of hydrogen-bond donors (Lipinski definition) is 1. The van der Waals surface area contributed by atoms with E-state index in [0.29, 0.717) is 0 Å². The van der Waals surface area contributed by atoms with Crippen molar-refractivity contribution in [2.75, 3.05) is 7.11 Å². The van der Waals surface area contributed by atoms with Crippen molar-refractivity contribution >= 4 is 0 Å². The highest BCUT2D eigenvalue weighted by Gasteiger charge is 2.20. The van der Waals surface area contributed by atoms with Gasteiger partial charge in [-0.25, -0.2) is 13.8 Å². The molecule has 1 N–H and O–H groups in total. The van der Waals surface area contributed by atoms with Crippen molar-refractivity contribution in [1.29, 1.82) is 0 Å². The topological polar surface area (TPSA) is 42.4 Å². The van der Waals surface area contributed by atoms with Crippen LogP contribution >= 0.6 is 0 Å². The van der Waals surface area contributed by atoms with Crippen LogP contribution in [0.15, 0.2) is 18.2 Å². The maximum absolute atomic E-state index is 12.0. The summed E-state index contributed by atoms with van der Waals surface area (Å²) in [4.78, 5) is 3.66. The number of methoxy groups -OCH3 is 1. The second-order valence-electron chi connectivity index (χ2n) is 2.38. The molecule has 0 saturated carbocycles. The van der Waals surface area contributed by atoms with Crippen LogP contribution in [0.1, 0.15) is 11.8 Å². The molecule has 0 amide bonds. The van der Waals surface area contributed by atoms with E-state index < -0.39 is 12.5 Å². The Kier molecular flexibility index (Phi) is 3.13. The van der Waals surface area contributed by atoms with Crippen molar-refractivity contribution in [2.24, 2.45) is 0 Å². The lowest BCUT2D eigenvalue weighted by atomic mass is 10.2. The molecule has 3 nitrogen and oxygen atoms in total. The van der Waals surface area contributed by atoms with Gasteiger partial charge < -0.3 is 9.84 Å². The minimum absolute atomic E-state index is 0.0886. The van der Waals surface area contributed by atoms with Crippen molar-refractivity contribution in [3.05, 3.63) is 23.9 Å². The largest absolute Gasteiger partial charge is 0.481 e. The Morgan fingerprint density at radius 3 is 2.69 bits per heavy atom. The second-order valence-corrected chi connectivity index (χ2v) is 2.38. The van der Waals surface area contributed by atoms with Gasteiger partial charge in [-0.3, -0.25) is 0 Å². The van der Waals surface area contributed by atoms with Crippen LogP contribution in [0.5, 0.6) is 5.88 Å². The Hall–Kier alpha value is -1.23. The van der Waals surface area contributed by atoms with Gasteiger partial charge in [0.15, 0.2) is 6.10 Å². The highest BCUT2D eigenvalue weighted by molar-refractivity contribution is 5.17. The molecule has 13 heavy (non-hydrogen) atoms. The summed E-state index contributed by atoms with van der Waals surface area (Å²) in [5.41, 5.74) is -0.0886. The molecule has 0 spiro atoms. The smallest absolute Gasteiger partial charge is 0.269 e. The molecular weight excluding hydrogens is 180 g/mol. The third-order valence-electron chi connectivity index (χ3n) is 1.50. The van der Waals surface area contributed by atoms with E-state index in [1.54, 1.807) is 0 Å². The molecule has 1 unspecified atom stereocenters. The van der Waals surface area contributed by atoms with Crippen molar-refractivity contribution in [2.45, 2.75) is 12.5 Å². The lowest BCUT2D eigenvalue weighted by Crippen LogP contribution is -2.10. The summed E-state index contributed by atoms with van der Waals surface area (Å²) in [6.45, 7) is 0. The maximum Gasteiger partial charge on any atom is 0.269 e. The Bertz CT molecular complexity index is 281. The molecule has 1 aromatic rings. The fourth-order valence-electron chi connectivity index (χ4n) is 0.838. The van der Waals surface area contributed by atoms with Crippen LogP contribution in [-0.2, 0) is 0 Å². The van der Waals surface area contributed by atoms with E-state index in [1.165, 1.54) is 25.3 Å². The first-order valence-corrected chi connectivity index (χ1v) is 3.62. The normalized spacial score (nSPS) is 13.0. The van der Waals surface area contributed by atoms with Crippen molar-refractivity contribution < 1.29 is 18.6 Å². The molecule has 1 heterocycles. The van der Waals surface area contributed by atoms with Gasteiger partial charge >= 0.3 is 0 Å². The third-order valence-corrected chi connectivity index (χ3v) is 1.50. The van der Waals surface area contributed by atoms with Crippen LogP contribution in [0, 0.1) is 0 Å². The molecule has 72 valence electrons. The molecule has 0 saturated heterocycles. The van der Waals surface area contributed by atoms with E-state index in [4.69, 9.17) is 9.84 Å². The van der Waals surface area contributed by atoms with Gasteiger partial charge in [-0.15, -0.1) is 0 Å². The summed E-state index contributed by atoms with van der Waals surface area (Å²) in [7, 11) is 1.38. The summed E-state index contributed by atoms with van der Waals surface area (Å²) in [6.07, 6.45) is -4.69. The van der Waals surface area contributed by atoms with Crippen LogP contribution in [-0.4, -0.2) is 23.6 Å². The molecule has 0 aromatic carbocycles. The minimum Gasteiger partial charge on any atom is -0.481 e. The van der Waals surface area contributed by atoms with Gasteiger partial charge in [0, 0.05) is 6.07 Å². The Morgan fingerprint density at radius 1 is 1.46 bits per heavy atom. The first kappa shape index (κ1) is 9.85. The number of nitrogens with zero attached hydrogens (tertiary/aromatic N) is 1. The number of rotatable bonds is 3. The van der Waals surface area contributed by atoms with Crippen LogP contribution in [0.3, 0.4) is 0 Å². The maximum atomic E-state index is 12.0. The van der Waals surface area contributed by atoms with Gasteiger partial charge in [0.05, 0.1) is 12.8 Å². The predicted octanol–water partition coefficient (Wildman–Crippen LogP) is 1.39. The molecule has 0 radical (unpaired) electrons. The standard InChI is InChI=1S/C8H9F2NO2/c1-13-6-4-2-3-5(11-6)7(12)8(9)10/h2-4,7-8,12H,1H3. The van der Waals surface area contributed by atoms with E-state index in [2.05, 4.69) is 4.98 Å². The fourth-order valence-corrected chi connectivity index (χ4v) is 0.838. The number of aromatic nitrogens is 1. The summed E-state index contributed by atoms with van der Waals surface area (Å²) < 4.78 is 28.8. The quantitative estimate of drug-likeness (QED) is 0.781. The second kappa shape index (κ2) is 4.13. The average Bonchev–Trinajstić information content (AvgIpc) is 2.16. The third kappa shape index (κ3) is 2.35. The zero-order valence-electron chi connectivity index (χ0n) is 6.95. The number of pyridine rings is 1. The monoisotopic (exact) mass is 189 g/mol. The van der Waals surface area contributed by atoms with Gasteiger partial charge in [0.25, 0.3) is 6.43 Å².